The largest absolute Gasteiger partial charge is 0.459 e. The van der Waals surface area contributed by atoms with E-state index in [0.717, 1.165) is 0 Å². The molecule has 1 aliphatic heterocycles. The lowest BCUT2D eigenvalue weighted by atomic mass is 10.1. The number of alkyl halides is 6. The molecule has 0 saturated carbocycles. The van der Waals surface area contributed by atoms with Gasteiger partial charge >= 0.3 is 18.3 Å². The lowest BCUT2D eigenvalue weighted by Gasteiger charge is -2.30. The molecule has 12 heteroatoms. The van der Waals surface area contributed by atoms with Crippen molar-refractivity contribution in [2.75, 3.05) is 26.4 Å². The number of ether oxygens (including phenoxy) is 4. The number of nitrogens with two attached hydrogens (primary N) is 1. The van der Waals surface area contributed by atoms with Gasteiger partial charge in [-0.2, -0.15) is 26.3 Å². The molecule has 6 nitrogen and oxygen atoms in total. The molecule has 0 aromatic rings. The average molecular weight is 425 g/mol. The third-order valence-corrected chi connectivity index (χ3v) is 3.86. The van der Waals surface area contributed by atoms with Gasteiger partial charge in [-0.1, -0.05) is 0 Å². The lowest BCUT2D eigenvalue weighted by Crippen LogP contribution is -2.45. The Bertz CT molecular complexity index is 473. The van der Waals surface area contributed by atoms with E-state index >= 15 is 0 Å². The van der Waals surface area contributed by atoms with E-state index in [-0.39, 0.29) is 39.3 Å². The van der Waals surface area contributed by atoms with E-state index in [9.17, 15) is 31.1 Å². The molecule has 0 unspecified atom stereocenters. The molecular formula is C16H25F6NO5. The van der Waals surface area contributed by atoms with E-state index in [2.05, 4.69) is 0 Å². The summed E-state index contributed by atoms with van der Waals surface area (Å²) in [6, 6.07) is -1.07. The van der Waals surface area contributed by atoms with Gasteiger partial charge in [0.1, 0.15) is 24.4 Å². The van der Waals surface area contributed by atoms with Crippen molar-refractivity contribution in [3.05, 3.63) is 0 Å². The zero-order valence-corrected chi connectivity index (χ0v) is 15.4. The number of hydrogen-bond acceptors (Lipinski definition) is 6. The zero-order valence-electron chi connectivity index (χ0n) is 15.4. The van der Waals surface area contributed by atoms with Crippen LogP contribution in [0.5, 0.6) is 0 Å². The van der Waals surface area contributed by atoms with Crippen LogP contribution in [-0.4, -0.2) is 69.1 Å². The SMILES string of the molecule is C[C@@H]1OC(=O)[C@@H](N)COC[C@H](OCCCC(F)(F)F)[C@H]1OCCCC(F)(F)F. The molecule has 0 spiro atoms. The number of esters is 1. The Hall–Kier alpha value is -1.11. The molecular weight excluding hydrogens is 400 g/mol. The van der Waals surface area contributed by atoms with Crippen LogP contribution >= 0.6 is 0 Å². The summed E-state index contributed by atoms with van der Waals surface area (Å²) in [5.41, 5.74) is 5.58. The Balaban J connectivity index is 2.70. The number of hydrogen-bond donors (Lipinski definition) is 1. The Morgan fingerprint density at radius 1 is 1.00 bits per heavy atom. The zero-order chi connectivity index (χ0) is 21.4. The number of halogens is 6. The molecule has 1 aliphatic rings. The van der Waals surface area contributed by atoms with E-state index in [0.29, 0.717) is 0 Å². The van der Waals surface area contributed by atoms with Crippen LogP contribution in [0, 0.1) is 0 Å². The van der Waals surface area contributed by atoms with E-state index in [4.69, 9.17) is 24.7 Å². The summed E-state index contributed by atoms with van der Waals surface area (Å²) < 4.78 is 94.8. The van der Waals surface area contributed by atoms with Gasteiger partial charge in [-0.15, -0.1) is 0 Å². The summed E-state index contributed by atoms with van der Waals surface area (Å²) in [5, 5.41) is 0. The van der Waals surface area contributed by atoms with Crippen molar-refractivity contribution in [1.29, 1.82) is 0 Å². The monoisotopic (exact) mass is 425 g/mol. The normalized spacial score (nSPS) is 27.6. The standard InChI is InChI=1S/C16H25F6NO5/c1-10-13(27-7-3-5-16(20,21)22)12(26-6-2-4-15(17,18)19)9-25-8-11(23)14(24)28-10/h10-13H,2-9,23H2,1H3/t10-,11-,12-,13-/m0/s1. The Kier molecular flexibility index (Phi) is 9.95. The third-order valence-electron chi connectivity index (χ3n) is 3.86. The smallest absolute Gasteiger partial charge is 0.389 e. The number of carbonyl (C=O) groups is 1. The second-order valence-electron chi connectivity index (χ2n) is 6.47. The molecule has 28 heavy (non-hydrogen) atoms. The minimum atomic E-state index is -4.34. The minimum absolute atomic E-state index is 0.162. The van der Waals surface area contributed by atoms with Crippen molar-refractivity contribution in [3.8, 4) is 0 Å². The molecule has 0 aromatic carbocycles. The molecule has 1 fully saturated rings. The molecule has 1 saturated heterocycles. The third kappa shape index (κ3) is 10.4. The van der Waals surface area contributed by atoms with Crippen LogP contribution in [-0.2, 0) is 23.7 Å². The highest BCUT2D eigenvalue weighted by atomic mass is 19.4. The fourth-order valence-electron chi connectivity index (χ4n) is 2.50. The van der Waals surface area contributed by atoms with Gasteiger partial charge in [0.05, 0.1) is 13.2 Å². The van der Waals surface area contributed by atoms with Crippen LogP contribution in [0.25, 0.3) is 0 Å². The van der Waals surface area contributed by atoms with Crippen LogP contribution in [0.2, 0.25) is 0 Å². The summed E-state index contributed by atoms with van der Waals surface area (Å²) in [6.07, 6.45) is -14.3. The Morgan fingerprint density at radius 2 is 1.54 bits per heavy atom. The first kappa shape index (κ1) is 24.9. The fourth-order valence-corrected chi connectivity index (χ4v) is 2.50. The summed E-state index contributed by atoms with van der Waals surface area (Å²) in [6.45, 7) is 0.499. The average Bonchev–Trinajstić information content (AvgIpc) is 2.58. The van der Waals surface area contributed by atoms with E-state index < -0.39 is 55.5 Å². The van der Waals surface area contributed by atoms with E-state index in [1.807, 2.05) is 0 Å². The van der Waals surface area contributed by atoms with Crippen molar-refractivity contribution in [2.24, 2.45) is 5.73 Å². The molecule has 0 aliphatic carbocycles. The van der Waals surface area contributed by atoms with Gasteiger partial charge in [-0.25, -0.2) is 0 Å². The highest BCUT2D eigenvalue weighted by molar-refractivity contribution is 5.75. The van der Waals surface area contributed by atoms with Crippen LogP contribution in [0.3, 0.4) is 0 Å². The highest BCUT2D eigenvalue weighted by Gasteiger charge is 2.35. The van der Waals surface area contributed by atoms with Crippen molar-refractivity contribution >= 4 is 5.97 Å². The van der Waals surface area contributed by atoms with Gasteiger partial charge in [-0.05, 0) is 19.8 Å². The predicted molar refractivity (Wildman–Crippen MR) is 84.4 cm³/mol. The van der Waals surface area contributed by atoms with Gasteiger partial charge in [0, 0.05) is 26.1 Å². The summed E-state index contributed by atoms with van der Waals surface area (Å²) in [5.74, 6) is -0.783. The second kappa shape index (κ2) is 11.2. The summed E-state index contributed by atoms with van der Waals surface area (Å²) in [4.78, 5) is 11.8. The van der Waals surface area contributed by atoms with Gasteiger partial charge in [0.15, 0.2) is 0 Å². The number of rotatable bonds is 8. The molecule has 0 aromatic heterocycles. The fraction of sp³-hybridized carbons (Fsp3) is 0.938. The molecule has 0 radical (unpaired) electrons. The molecule has 0 amide bonds. The molecule has 4 atom stereocenters. The molecule has 2 N–H and O–H groups in total. The molecule has 0 bridgehead atoms. The van der Waals surface area contributed by atoms with Gasteiger partial charge in [0.2, 0.25) is 0 Å². The maximum Gasteiger partial charge on any atom is 0.389 e. The van der Waals surface area contributed by atoms with Crippen LogP contribution in [0.1, 0.15) is 32.6 Å². The van der Waals surface area contributed by atoms with Crippen LogP contribution in [0.15, 0.2) is 0 Å². The summed E-state index contributed by atoms with van der Waals surface area (Å²) in [7, 11) is 0. The quantitative estimate of drug-likeness (QED) is 0.366. The Labute approximate surface area is 158 Å². The number of cyclic esters (lactones) is 1. The van der Waals surface area contributed by atoms with Crippen molar-refractivity contribution in [2.45, 2.75) is 69.3 Å². The maximum absolute atomic E-state index is 12.3. The topological polar surface area (TPSA) is 80.0 Å². The van der Waals surface area contributed by atoms with Gasteiger partial charge in [0.25, 0.3) is 0 Å². The van der Waals surface area contributed by atoms with Crippen LogP contribution < -0.4 is 5.73 Å². The van der Waals surface area contributed by atoms with Crippen molar-refractivity contribution in [1.82, 2.24) is 0 Å². The molecule has 1 heterocycles. The minimum Gasteiger partial charge on any atom is -0.459 e. The van der Waals surface area contributed by atoms with Crippen molar-refractivity contribution < 1.29 is 50.1 Å². The highest BCUT2D eigenvalue weighted by Crippen LogP contribution is 2.24. The lowest BCUT2D eigenvalue weighted by molar-refractivity contribution is -0.172. The van der Waals surface area contributed by atoms with E-state index in [1.54, 1.807) is 0 Å². The molecule has 1 rings (SSSR count). The van der Waals surface area contributed by atoms with Gasteiger partial charge in [-0.3, -0.25) is 4.79 Å². The van der Waals surface area contributed by atoms with Gasteiger partial charge < -0.3 is 24.7 Å². The maximum atomic E-state index is 12.3. The first-order valence-electron chi connectivity index (χ1n) is 8.79. The molecule has 166 valence electrons. The number of carbonyl (C=O) groups excluding carboxylic acids is 1. The second-order valence-corrected chi connectivity index (χ2v) is 6.47. The first-order chi connectivity index (χ1) is 12.9. The van der Waals surface area contributed by atoms with Crippen LogP contribution in [0.4, 0.5) is 26.3 Å². The first-order valence-corrected chi connectivity index (χ1v) is 8.79. The Morgan fingerprint density at radius 3 is 2.07 bits per heavy atom. The van der Waals surface area contributed by atoms with E-state index in [1.165, 1.54) is 6.92 Å². The van der Waals surface area contributed by atoms with Crippen molar-refractivity contribution in [3.63, 3.8) is 0 Å². The summed E-state index contributed by atoms with van der Waals surface area (Å²) >= 11 is 0. The predicted octanol–water partition coefficient (Wildman–Crippen LogP) is 2.73.